The molecule has 2 aromatic carbocycles. The van der Waals surface area contributed by atoms with Gasteiger partial charge in [-0.15, -0.1) is 11.3 Å². The minimum absolute atomic E-state index is 0.154. The van der Waals surface area contributed by atoms with E-state index in [1.165, 1.54) is 4.68 Å². The molecule has 0 N–H and O–H groups in total. The van der Waals surface area contributed by atoms with Crippen LogP contribution < -0.4 is 10.5 Å². The normalized spacial score (nSPS) is 11.2. The number of anilines is 2. The highest BCUT2D eigenvalue weighted by atomic mass is 32.1. The van der Waals surface area contributed by atoms with Crippen molar-refractivity contribution in [2.24, 2.45) is 0 Å². The Morgan fingerprint density at radius 1 is 1.00 bits per heavy atom. The molecule has 0 aliphatic carbocycles. The molecular weight excluding hydrogens is 396 g/mol. The highest BCUT2D eigenvalue weighted by Gasteiger charge is 2.21. The van der Waals surface area contributed by atoms with Crippen molar-refractivity contribution in [1.82, 2.24) is 14.2 Å². The van der Waals surface area contributed by atoms with Crippen LogP contribution in [0.25, 0.3) is 15.7 Å². The van der Waals surface area contributed by atoms with Crippen molar-refractivity contribution in [3.63, 3.8) is 0 Å². The molecule has 0 unspecified atom stereocenters. The Bertz CT molecular complexity index is 1380. The fourth-order valence-corrected chi connectivity index (χ4v) is 4.64. The van der Waals surface area contributed by atoms with Crippen molar-refractivity contribution in [2.45, 2.75) is 13.5 Å². The predicted octanol–water partition coefficient (Wildman–Crippen LogP) is 4.38. The summed E-state index contributed by atoms with van der Waals surface area (Å²) in [6.07, 6.45) is 0. The summed E-state index contributed by atoms with van der Waals surface area (Å²) >= 11 is 1.57. The number of hydrogen-bond acceptors (Lipinski definition) is 4. The van der Waals surface area contributed by atoms with Crippen LogP contribution in [-0.2, 0) is 11.3 Å². The molecule has 3 aromatic heterocycles. The first-order valence-electron chi connectivity index (χ1n) is 9.53. The summed E-state index contributed by atoms with van der Waals surface area (Å²) in [4.78, 5) is 29.1. The highest BCUT2D eigenvalue weighted by Crippen LogP contribution is 2.26. The summed E-state index contributed by atoms with van der Waals surface area (Å²) in [7, 11) is 0. The Morgan fingerprint density at radius 3 is 2.27 bits per heavy atom. The average molecular weight is 414 g/mol. The van der Waals surface area contributed by atoms with E-state index in [0.29, 0.717) is 11.3 Å². The SMILES string of the molecule is Cc1nn(CC(=O)N(c2ccccc2)c2ccccc2)c(=O)c2cc3ccsc3n12. The molecule has 0 radical (unpaired) electrons. The number of hydrogen-bond donors (Lipinski definition) is 0. The van der Waals surface area contributed by atoms with Crippen LogP contribution in [0.4, 0.5) is 11.4 Å². The molecule has 3 heterocycles. The minimum Gasteiger partial charge on any atom is -0.282 e. The van der Waals surface area contributed by atoms with Gasteiger partial charge in [0.15, 0.2) is 0 Å². The third-order valence-electron chi connectivity index (χ3n) is 5.02. The van der Waals surface area contributed by atoms with Crippen molar-refractivity contribution in [1.29, 1.82) is 0 Å². The molecule has 0 bridgehead atoms. The van der Waals surface area contributed by atoms with Gasteiger partial charge in [0.25, 0.3) is 11.5 Å². The first kappa shape index (κ1) is 18.3. The average Bonchev–Trinajstić information content (AvgIpc) is 3.35. The molecule has 0 fully saturated rings. The fraction of sp³-hybridized carbons (Fsp3) is 0.0870. The Labute approximate surface area is 176 Å². The molecule has 1 amide bonds. The summed E-state index contributed by atoms with van der Waals surface area (Å²) in [5, 5.41) is 7.43. The topological polar surface area (TPSA) is 59.6 Å². The zero-order valence-corrected chi connectivity index (χ0v) is 17.0. The number of fused-ring (bicyclic) bond motifs is 3. The van der Waals surface area contributed by atoms with Gasteiger partial charge in [-0.2, -0.15) is 5.10 Å². The number of carbonyl (C=O) groups excluding carboxylic acids is 1. The van der Waals surface area contributed by atoms with Gasteiger partial charge in [0.2, 0.25) is 0 Å². The van der Waals surface area contributed by atoms with Crippen LogP contribution in [0.5, 0.6) is 0 Å². The third-order valence-corrected chi connectivity index (χ3v) is 5.93. The first-order valence-corrected chi connectivity index (χ1v) is 10.4. The Kier molecular flexibility index (Phi) is 4.44. The van der Waals surface area contributed by atoms with E-state index in [2.05, 4.69) is 5.10 Å². The molecular formula is C23H18N4O2S. The largest absolute Gasteiger partial charge is 0.291 e. The van der Waals surface area contributed by atoms with E-state index in [1.807, 2.05) is 89.5 Å². The smallest absolute Gasteiger partial charge is 0.282 e. The standard InChI is InChI=1S/C23H18N4O2S/c1-16-24-25(22(29)20-14-17-12-13-30-23(17)26(16)20)15-21(28)27(18-8-4-2-5-9-18)19-10-6-3-7-11-19/h2-14H,15H2,1H3. The van der Waals surface area contributed by atoms with Gasteiger partial charge in [0, 0.05) is 16.8 Å². The quantitative estimate of drug-likeness (QED) is 0.438. The van der Waals surface area contributed by atoms with Gasteiger partial charge in [-0.25, -0.2) is 4.68 Å². The molecule has 0 aliphatic heterocycles. The monoisotopic (exact) mass is 414 g/mol. The number of aryl methyl sites for hydroxylation is 1. The van der Waals surface area contributed by atoms with Gasteiger partial charge in [0.1, 0.15) is 22.7 Å². The molecule has 0 spiro atoms. The van der Waals surface area contributed by atoms with Crippen LogP contribution in [0.15, 0.2) is 83.0 Å². The Morgan fingerprint density at radius 2 is 1.63 bits per heavy atom. The molecule has 5 aromatic rings. The maximum Gasteiger partial charge on any atom is 0.291 e. The van der Waals surface area contributed by atoms with Gasteiger partial charge < -0.3 is 0 Å². The van der Waals surface area contributed by atoms with Crippen molar-refractivity contribution in [3.05, 3.63) is 94.4 Å². The van der Waals surface area contributed by atoms with Gasteiger partial charge in [-0.1, -0.05) is 36.4 Å². The predicted molar refractivity (Wildman–Crippen MR) is 120 cm³/mol. The second-order valence-electron chi connectivity index (χ2n) is 6.96. The van der Waals surface area contributed by atoms with Crippen LogP contribution in [-0.4, -0.2) is 20.1 Å². The Hall–Kier alpha value is -3.71. The zero-order valence-electron chi connectivity index (χ0n) is 16.2. The van der Waals surface area contributed by atoms with Crippen molar-refractivity contribution >= 4 is 44.4 Å². The van der Waals surface area contributed by atoms with Crippen LogP contribution in [0.1, 0.15) is 5.82 Å². The van der Waals surface area contributed by atoms with Crippen LogP contribution in [0.2, 0.25) is 0 Å². The van der Waals surface area contributed by atoms with Gasteiger partial charge in [-0.3, -0.25) is 18.9 Å². The van der Waals surface area contributed by atoms with E-state index in [4.69, 9.17) is 0 Å². The lowest BCUT2D eigenvalue weighted by Crippen LogP contribution is -2.35. The van der Waals surface area contributed by atoms with E-state index >= 15 is 0 Å². The summed E-state index contributed by atoms with van der Waals surface area (Å²) in [6, 6.07) is 22.7. The number of benzene rings is 2. The van der Waals surface area contributed by atoms with E-state index < -0.39 is 0 Å². The third kappa shape index (κ3) is 3.00. The maximum atomic E-state index is 13.4. The van der Waals surface area contributed by atoms with E-state index in [0.717, 1.165) is 21.6 Å². The Balaban J connectivity index is 1.58. The van der Waals surface area contributed by atoms with Gasteiger partial charge in [0.05, 0.1) is 0 Å². The second kappa shape index (κ2) is 7.27. The lowest BCUT2D eigenvalue weighted by atomic mass is 10.2. The van der Waals surface area contributed by atoms with E-state index in [9.17, 15) is 9.59 Å². The number of amides is 1. The fourth-order valence-electron chi connectivity index (χ4n) is 3.70. The molecule has 30 heavy (non-hydrogen) atoms. The number of carbonyl (C=O) groups is 1. The number of aromatic nitrogens is 3. The molecule has 148 valence electrons. The zero-order chi connectivity index (χ0) is 20.7. The van der Waals surface area contributed by atoms with Gasteiger partial charge >= 0.3 is 0 Å². The molecule has 6 nitrogen and oxygen atoms in total. The molecule has 0 aliphatic rings. The van der Waals surface area contributed by atoms with E-state index in [1.54, 1.807) is 16.2 Å². The lowest BCUT2D eigenvalue weighted by Gasteiger charge is -2.23. The van der Waals surface area contributed by atoms with Crippen LogP contribution in [0.3, 0.4) is 0 Å². The number of nitrogens with zero attached hydrogens (tertiary/aromatic N) is 4. The number of thiophene rings is 1. The summed E-state index contributed by atoms with van der Waals surface area (Å²) < 4.78 is 3.12. The van der Waals surface area contributed by atoms with Crippen molar-refractivity contribution < 1.29 is 4.79 Å². The minimum atomic E-state index is -0.279. The second-order valence-corrected chi connectivity index (χ2v) is 7.85. The lowest BCUT2D eigenvalue weighted by molar-refractivity contribution is -0.118. The molecule has 0 saturated carbocycles. The molecule has 7 heteroatoms. The first-order chi connectivity index (χ1) is 14.6. The van der Waals surface area contributed by atoms with Gasteiger partial charge in [-0.05, 0) is 48.7 Å². The van der Waals surface area contributed by atoms with Crippen LogP contribution >= 0.6 is 11.3 Å². The number of rotatable bonds is 4. The van der Waals surface area contributed by atoms with Crippen molar-refractivity contribution in [2.75, 3.05) is 4.90 Å². The summed E-state index contributed by atoms with van der Waals surface area (Å²) in [6.45, 7) is 1.69. The van der Waals surface area contributed by atoms with Crippen molar-refractivity contribution in [3.8, 4) is 0 Å². The molecule has 0 saturated heterocycles. The number of para-hydroxylation sites is 2. The molecule has 0 atom stereocenters. The summed E-state index contributed by atoms with van der Waals surface area (Å²) in [5.41, 5.74) is 1.73. The highest BCUT2D eigenvalue weighted by molar-refractivity contribution is 7.16. The molecule has 5 rings (SSSR count). The summed E-state index contributed by atoms with van der Waals surface area (Å²) in [5.74, 6) is 0.431. The maximum absolute atomic E-state index is 13.4. The van der Waals surface area contributed by atoms with Crippen LogP contribution in [0, 0.1) is 6.92 Å². The van der Waals surface area contributed by atoms with E-state index in [-0.39, 0.29) is 18.0 Å².